The number of thiazole rings is 1. The first-order valence-electron chi connectivity index (χ1n) is 10.2. The molecule has 1 unspecified atom stereocenters. The fourth-order valence-electron chi connectivity index (χ4n) is 3.68. The van der Waals surface area contributed by atoms with Crippen LogP contribution in [0.2, 0.25) is 5.02 Å². The predicted molar refractivity (Wildman–Crippen MR) is 126 cm³/mol. The minimum atomic E-state index is -3.60. The maximum Gasteiger partial charge on any atom is 0.261 e. The van der Waals surface area contributed by atoms with Crippen molar-refractivity contribution in [3.8, 4) is 5.75 Å². The van der Waals surface area contributed by atoms with Gasteiger partial charge in [0.1, 0.15) is 11.3 Å². The van der Waals surface area contributed by atoms with Gasteiger partial charge in [-0.25, -0.2) is 13.4 Å². The van der Waals surface area contributed by atoms with Gasteiger partial charge in [0.05, 0.1) is 45.7 Å². The standard InChI is InChI=1S/C22H23ClN2O5S2/c1-3-32(27,28)18-9-5-4-8-15(18)21(26)25(13-14-7-6-12-30-14)22-24-19-17(29-2)11-10-16(23)20(19)31-22/h4-5,8-11,14H,3,6-7,12-13H2,1-2H3. The minimum absolute atomic E-state index is 0.0153. The number of rotatable bonds is 7. The second kappa shape index (κ2) is 9.35. The number of hydrogen-bond donors (Lipinski definition) is 0. The molecule has 32 heavy (non-hydrogen) atoms. The maximum atomic E-state index is 13.7. The van der Waals surface area contributed by atoms with Gasteiger partial charge in [-0.1, -0.05) is 42.0 Å². The van der Waals surface area contributed by atoms with Crippen LogP contribution in [0.25, 0.3) is 10.2 Å². The number of benzene rings is 2. The second-order valence-electron chi connectivity index (χ2n) is 7.37. The Kier molecular flexibility index (Phi) is 6.71. The van der Waals surface area contributed by atoms with Gasteiger partial charge in [-0.3, -0.25) is 9.69 Å². The summed E-state index contributed by atoms with van der Waals surface area (Å²) in [5, 5.41) is 0.915. The largest absolute Gasteiger partial charge is 0.494 e. The van der Waals surface area contributed by atoms with E-state index in [1.165, 1.54) is 28.4 Å². The van der Waals surface area contributed by atoms with Crippen molar-refractivity contribution in [2.24, 2.45) is 0 Å². The van der Waals surface area contributed by atoms with E-state index in [4.69, 9.17) is 21.1 Å². The van der Waals surface area contributed by atoms with E-state index in [1.807, 2.05) is 0 Å². The van der Waals surface area contributed by atoms with Crippen LogP contribution in [0, 0.1) is 0 Å². The van der Waals surface area contributed by atoms with Crippen molar-refractivity contribution in [2.45, 2.75) is 30.8 Å². The lowest BCUT2D eigenvalue weighted by Gasteiger charge is -2.24. The number of methoxy groups -OCH3 is 1. The topological polar surface area (TPSA) is 85.8 Å². The van der Waals surface area contributed by atoms with Crippen molar-refractivity contribution in [1.82, 2.24) is 4.98 Å². The first kappa shape index (κ1) is 23.0. The van der Waals surface area contributed by atoms with Crippen molar-refractivity contribution in [3.05, 3.63) is 47.0 Å². The molecule has 0 aliphatic carbocycles. The Hall–Kier alpha value is -2.20. The van der Waals surface area contributed by atoms with Gasteiger partial charge >= 0.3 is 0 Å². The molecule has 1 aliphatic heterocycles. The van der Waals surface area contributed by atoms with Gasteiger partial charge in [0, 0.05) is 6.61 Å². The number of fused-ring (bicyclic) bond motifs is 1. The number of aromatic nitrogens is 1. The van der Waals surface area contributed by atoms with E-state index in [1.54, 1.807) is 38.3 Å². The smallest absolute Gasteiger partial charge is 0.261 e. The molecule has 1 saturated heterocycles. The Morgan fingerprint density at radius 3 is 2.78 bits per heavy atom. The molecule has 1 atom stereocenters. The molecule has 2 aromatic carbocycles. The number of sulfone groups is 1. The summed E-state index contributed by atoms with van der Waals surface area (Å²) in [5.74, 6) is 0.00408. The van der Waals surface area contributed by atoms with Crippen molar-refractivity contribution >= 4 is 54.0 Å². The quantitative estimate of drug-likeness (QED) is 0.478. The third-order valence-corrected chi connectivity index (χ3v) is 8.71. The zero-order valence-electron chi connectivity index (χ0n) is 17.7. The van der Waals surface area contributed by atoms with E-state index in [-0.39, 0.29) is 28.9 Å². The summed E-state index contributed by atoms with van der Waals surface area (Å²) in [4.78, 5) is 19.9. The van der Waals surface area contributed by atoms with Crippen LogP contribution in [0.5, 0.6) is 5.75 Å². The van der Waals surface area contributed by atoms with Gasteiger partial charge in [0.2, 0.25) is 0 Å². The third-order valence-electron chi connectivity index (χ3n) is 5.39. The molecular formula is C22H23ClN2O5S2. The van der Waals surface area contributed by atoms with Crippen LogP contribution in [0.4, 0.5) is 5.13 Å². The molecule has 1 aliphatic rings. The lowest BCUT2D eigenvalue weighted by molar-refractivity contribution is 0.0915. The SMILES string of the molecule is CCS(=O)(=O)c1ccccc1C(=O)N(CC1CCCO1)c1nc2c(OC)ccc(Cl)c2s1. The van der Waals surface area contributed by atoms with Gasteiger partial charge in [-0.05, 0) is 37.1 Å². The molecule has 0 spiro atoms. The summed E-state index contributed by atoms with van der Waals surface area (Å²) in [7, 11) is -2.05. The number of carbonyl (C=O) groups is 1. The van der Waals surface area contributed by atoms with Gasteiger partial charge in [-0.2, -0.15) is 0 Å². The van der Waals surface area contributed by atoms with Crippen LogP contribution in [0.3, 0.4) is 0 Å². The number of halogens is 1. The summed E-state index contributed by atoms with van der Waals surface area (Å²) in [6.45, 7) is 2.45. The second-order valence-corrected chi connectivity index (χ2v) is 11.0. The fraction of sp³-hybridized carbons (Fsp3) is 0.364. The van der Waals surface area contributed by atoms with Gasteiger partial charge in [0.15, 0.2) is 15.0 Å². The average molecular weight is 495 g/mol. The molecule has 0 bridgehead atoms. The molecular weight excluding hydrogens is 472 g/mol. The lowest BCUT2D eigenvalue weighted by atomic mass is 10.1. The van der Waals surface area contributed by atoms with Crippen molar-refractivity contribution < 1.29 is 22.7 Å². The first-order chi connectivity index (χ1) is 15.4. The van der Waals surface area contributed by atoms with E-state index >= 15 is 0 Å². The number of carbonyl (C=O) groups excluding carboxylic acids is 1. The van der Waals surface area contributed by atoms with Crippen LogP contribution in [0.15, 0.2) is 41.3 Å². The molecule has 0 saturated carbocycles. The van der Waals surface area contributed by atoms with Crippen LogP contribution in [-0.2, 0) is 14.6 Å². The van der Waals surface area contributed by atoms with Gasteiger partial charge < -0.3 is 9.47 Å². The summed E-state index contributed by atoms with van der Waals surface area (Å²) < 4.78 is 37.2. The number of amides is 1. The summed E-state index contributed by atoms with van der Waals surface area (Å²) in [6.07, 6.45) is 1.57. The van der Waals surface area contributed by atoms with Crippen molar-refractivity contribution in [1.29, 1.82) is 0 Å². The van der Waals surface area contributed by atoms with Gasteiger partial charge in [-0.15, -0.1) is 0 Å². The molecule has 4 rings (SSSR count). The van der Waals surface area contributed by atoms with Gasteiger partial charge in [0.25, 0.3) is 5.91 Å². The Balaban J connectivity index is 1.83. The van der Waals surface area contributed by atoms with Crippen LogP contribution in [-0.4, -0.2) is 51.4 Å². The average Bonchev–Trinajstić information content (AvgIpc) is 3.48. The zero-order chi connectivity index (χ0) is 22.9. The molecule has 0 radical (unpaired) electrons. The summed E-state index contributed by atoms with van der Waals surface area (Å²) >= 11 is 7.65. The third kappa shape index (κ3) is 4.34. The molecule has 1 aromatic heterocycles. The lowest BCUT2D eigenvalue weighted by Crippen LogP contribution is -2.38. The Bertz CT molecular complexity index is 1250. The first-order valence-corrected chi connectivity index (χ1v) is 13.1. The molecule has 10 heteroatoms. The Labute approximate surface area is 195 Å². The highest BCUT2D eigenvalue weighted by Crippen LogP contribution is 2.39. The number of hydrogen-bond acceptors (Lipinski definition) is 7. The highest BCUT2D eigenvalue weighted by molar-refractivity contribution is 7.91. The monoisotopic (exact) mass is 494 g/mol. The predicted octanol–water partition coefficient (Wildman–Crippen LogP) is 4.58. The maximum absolute atomic E-state index is 13.7. The number of ether oxygens (including phenoxy) is 2. The van der Waals surface area contributed by atoms with E-state index < -0.39 is 15.7 Å². The molecule has 0 N–H and O–H groups in total. The minimum Gasteiger partial charge on any atom is -0.494 e. The number of nitrogens with zero attached hydrogens (tertiary/aromatic N) is 2. The molecule has 3 aromatic rings. The van der Waals surface area contributed by atoms with Crippen LogP contribution in [0.1, 0.15) is 30.1 Å². The summed E-state index contributed by atoms with van der Waals surface area (Å²) in [6, 6.07) is 9.73. The van der Waals surface area contributed by atoms with E-state index in [9.17, 15) is 13.2 Å². The van der Waals surface area contributed by atoms with E-state index in [2.05, 4.69) is 4.98 Å². The normalized spacial score (nSPS) is 16.4. The summed E-state index contributed by atoms with van der Waals surface area (Å²) in [5.41, 5.74) is 0.671. The highest BCUT2D eigenvalue weighted by atomic mass is 35.5. The molecule has 7 nitrogen and oxygen atoms in total. The molecule has 170 valence electrons. The fourth-order valence-corrected chi connectivity index (χ4v) is 6.03. The van der Waals surface area contributed by atoms with Crippen LogP contribution >= 0.6 is 22.9 Å². The zero-order valence-corrected chi connectivity index (χ0v) is 20.1. The Morgan fingerprint density at radius 1 is 1.31 bits per heavy atom. The molecule has 1 fully saturated rings. The van der Waals surface area contributed by atoms with Crippen molar-refractivity contribution in [3.63, 3.8) is 0 Å². The van der Waals surface area contributed by atoms with E-state index in [0.29, 0.717) is 32.7 Å². The van der Waals surface area contributed by atoms with Crippen molar-refractivity contribution in [2.75, 3.05) is 30.9 Å². The highest BCUT2D eigenvalue weighted by Gasteiger charge is 2.31. The molecule has 2 heterocycles. The molecule has 1 amide bonds. The Morgan fingerprint density at radius 2 is 2.09 bits per heavy atom. The van der Waals surface area contributed by atoms with Crippen LogP contribution < -0.4 is 9.64 Å². The number of anilines is 1. The van der Waals surface area contributed by atoms with E-state index in [0.717, 1.165) is 12.8 Å².